The van der Waals surface area contributed by atoms with Crippen molar-refractivity contribution >= 4 is 10.0 Å². The molecule has 60 valence electrons. The fourth-order valence-corrected chi connectivity index (χ4v) is 1.24. The van der Waals surface area contributed by atoms with Crippen LogP contribution in [0.3, 0.4) is 0 Å². The van der Waals surface area contributed by atoms with Gasteiger partial charge in [-0.3, -0.25) is 0 Å². The lowest BCUT2D eigenvalue weighted by Crippen LogP contribution is -2.11. The molecule has 0 fully saturated rings. The van der Waals surface area contributed by atoms with Gasteiger partial charge in [0, 0.05) is 0 Å². The van der Waals surface area contributed by atoms with Crippen molar-refractivity contribution < 1.29 is 8.42 Å². The highest BCUT2D eigenvalue weighted by atomic mass is 32.2. The molecule has 11 heavy (non-hydrogen) atoms. The lowest BCUT2D eigenvalue weighted by atomic mass is 10.2. The maximum absolute atomic E-state index is 10.7. The Morgan fingerprint density at radius 1 is 1.18 bits per heavy atom. The zero-order chi connectivity index (χ0) is 8.48. The molecule has 0 unspecified atom stereocenters. The smallest absolute Gasteiger partial charge is 0.225 e. The van der Waals surface area contributed by atoms with E-state index in [-0.39, 0.29) is 4.90 Å². The van der Waals surface area contributed by atoms with Gasteiger partial charge in [0.2, 0.25) is 10.0 Å². The van der Waals surface area contributed by atoms with E-state index in [1.165, 1.54) is 12.1 Å². The Morgan fingerprint density at radius 2 is 1.64 bits per heavy atom. The molecule has 4 heteroatoms. The zero-order valence-corrected chi connectivity index (χ0v) is 6.93. The van der Waals surface area contributed by atoms with Crippen LogP contribution < -0.4 is 5.14 Å². The minimum absolute atomic E-state index is 0.156. The summed E-state index contributed by atoms with van der Waals surface area (Å²) in [6.07, 6.45) is 0. The van der Waals surface area contributed by atoms with Gasteiger partial charge in [-0.05, 0) is 19.1 Å². The third-order valence-electron chi connectivity index (χ3n) is 1.35. The lowest BCUT2D eigenvalue weighted by molar-refractivity contribution is 0.598. The molecule has 0 heterocycles. The fourth-order valence-electron chi connectivity index (χ4n) is 0.728. The van der Waals surface area contributed by atoms with E-state index >= 15 is 0 Å². The highest BCUT2D eigenvalue weighted by Gasteiger charge is 2.04. The van der Waals surface area contributed by atoms with Crippen LogP contribution in [-0.2, 0) is 10.0 Å². The van der Waals surface area contributed by atoms with Crippen LogP contribution in [0.1, 0.15) is 5.56 Å². The van der Waals surface area contributed by atoms with Crippen LogP contribution in [0.5, 0.6) is 0 Å². The summed E-state index contributed by atoms with van der Waals surface area (Å²) in [6.45, 7) is 1.88. The number of hydrogen-bond acceptors (Lipinski definition) is 2. The Balaban J connectivity index is 3.20. The molecule has 0 aromatic heterocycles. The first kappa shape index (κ1) is 8.23. The maximum atomic E-state index is 10.7. The van der Waals surface area contributed by atoms with Crippen molar-refractivity contribution in [3.05, 3.63) is 29.8 Å². The molecular weight excluding hydrogens is 163 g/mol. The third-order valence-corrected chi connectivity index (χ3v) is 2.28. The van der Waals surface area contributed by atoms with E-state index < -0.39 is 10.0 Å². The predicted molar refractivity (Wildman–Crippen MR) is 42.6 cm³/mol. The average Bonchev–Trinajstić information content (AvgIpc) is 1.86. The highest BCUT2D eigenvalue weighted by Crippen LogP contribution is 2.06. The van der Waals surface area contributed by atoms with Crippen molar-refractivity contribution in [3.63, 3.8) is 0 Å². The Hall–Kier alpha value is -0.870. The molecule has 0 saturated heterocycles. The van der Waals surface area contributed by atoms with Crippen molar-refractivity contribution in [1.82, 2.24) is 0 Å². The molecule has 0 amide bonds. The van der Waals surface area contributed by atoms with Crippen molar-refractivity contribution in [2.45, 2.75) is 11.8 Å². The molecule has 1 aromatic rings. The molecule has 2 N–H and O–H groups in total. The van der Waals surface area contributed by atoms with E-state index in [0.29, 0.717) is 0 Å². The second-order valence-electron chi connectivity index (χ2n) is 2.36. The van der Waals surface area contributed by atoms with E-state index in [2.05, 4.69) is 0 Å². The monoisotopic (exact) mass is 172 g/mol. The average molecular weight is 172 g/mol. The normalized spacial score (nSPS) is 11.5. The van der Waals surface area contributed by atoms with Crippen LogP contribution in [0, 0.1) is 6.92 Å². The summed E-state index contributed by atoms with van der Waals surface area (Å²) in [7, 11) is -3.52. The molecule has 3 nitrogen and oxygen atoms in total. The van der Waals surface area contributed by atoms with E-state index in [0.717, 1.165) is 5.56 Å². The predicted octanol–water partition coefficient (Wildman–Crippen LogP) is 0.642. The summed E-state index contributed by atoms with van der Waals surface area (Å²) < 4.78 is 21.4. The summed E-state index contributed by atoms with van der Waals surface area (Å²) in [5, 5.41) is 4.88. The van der Waals surface area contributed by atoms with Crippen molar-refractivity contribution in [2.75, 3.05) is 0 Å². The first-order valence-corrected chi connectivity index (χ1v) is 4.64. The number of nitrogens with two attached hydrogens (primary N) is 1. The summed E-state index contributed by atoms with van der Waals surface area (Å²) in [5.74, 6) is 0. The third kappa shape index (κ3) is 2.03. The molecule has 0 saturated carbocycles. The van der Waals surface area contributed by atoms with Gasteiger partial charge < -0.3 is 0 Å². The quantitative estimate of drug-likeness (QED) is 0.632. The number of primary sulfonamides is 1. The fraction of sp³-hybridized carbons (Fsp3) is 0.143. The molecule has 0 aliphatic heterocycles. The maximum Gasteiger partial charge on any atom is 0.238 e. The van der Waals surface area contributed by atoms with Crippen molar-refractivity contribution in [3.8, 4) is 0 Å². The Morgan fingerprint density at radius 3 is 2.00 bits per heavy atom. The van der Waals surface area contributed by atoms with Crippen LogP contribution in [0.4, 0.5) is 0 Å². The van der Waals surface area contributed by atoms with Gasteiger partial charge in [0.15, 0.2) is 0 Å². The first-order chi connectivity index (χ1) is 5.00. The summed E-state index contributed by atoms with van der Waals surface area (Å²) in [5.41, 5.74) is 1.01. The topological polar surface area (TPSA) is 60.2 Å². The number of benzene rings is 1. The van der Waals surface area contributed by atoms with Gasteiger partial charge >= 0.3 is 0 Å². The standard InChI is InChI=1S/C7H9NO2S/c1-6-2-4-7(5-3-6)11(8,9)10/h2-5H,1H3,(H2,8,9,10)/i8+1. The van der Waals surface area contributed by atoms with E-state index in [1.807, 2.05) is 6.92 Å². The molecule has 0 spiro atoms. The first-order valence-electron chi connectivity index (χ1n) is 3.09. The second kappa shape index (κ2) is 2.64. The van der Waals surface area contributed by atoms with E-state index in [4.69, 9.17) is 5.14 Å². The van der Waals surface area contributed by atoms with E-state index in [9.17, 15) is 8.42 Å². The van der Waals surface area contributed by atoms with Crippen LogP contribution in [0.2, 0.25) is 0 Å². The largest absolute Gasteiger partial charge is 0.238 e. The number of hydrogen-bond donors (Lipinski definition) is 1. The zero-order valence-electron chi connectivity index (χ0n) is 6.11. The Bertz CT molecular complexity index is 339. The van der Waals surface area contributed by atoms with Crippen LogP contribution in [-0.4, -0.2) is 8.42 Å². The number of aryl methyl sites for hydroxylation is 1. The van der Waals surface area contributed by atoms with Crippen LogP contribution >= 0.6 is 0 Å². The second-order valence-corrected chi connectivity index (χ2v) is 3.92. The number of rotatable bonds is 1. The van der Waals surface area contributed by atoms with Crippen molar-refractivity contribution in [1.29, 1.82) is 0 Å². The minimum Gasteiger partial charge on any atom is -0.225 e. The van der Waals surface area contributed by atoms with Gasteiger partial charge in [0.1, 0.15) is 0 Å². The van der Waals surface area contributed by atoms with Gasteiger partial charge in [-0.15, -0.1) is 0 Å². The molecule has 1 aromatic carbocycles. The summed E-state index contributed by atoms with van der Waals surface area (Å²) in [4.78, 5) is 0.156. The summed E-state index contributed by atoms with van der Waals surface area (Å²) >= 11 is 0. The minimum atomic E-state index is -3.52. The highest BCUT2D eigenvalue weighted by molar-refractivity contribution is 7.89. The van der Waals surface area contributed by atoms with Crippen LogP contribution in [0.25, 0.3) is 0 Å². The Kier molecular flexibility index (Phi) is 1.97. The molecule has 1 rings (SSSR count). The van der Waals surface area contributed by atoms with Gasteiger partial charge in [-0.2, -0.15) is 0 Å². The molecule has 0 aliphatic carbocycles. The Labute approximate surface area is 65.9 Å². The molecule has 0 aliphatic rings. The van der Waals surface area contributed by atoms with Crippen molar-refractivity contribution in [2.24, 2.45) is 5.14 Å². The molecule has 0 bridgehead atoms. The lowest BCUT2D eigenvalue weighted by Gasteiger charge is -1.96. The van der Waals surface area contributed by atoms with Gasteiger partial charge in [0.25, 0.3) is 0 Å². The summed E-state index contributed by atoms with van der Waals surface area (Å²) in [6, 6.07) is 6.40. The number of sulfonamides is 1. The van der Waals surface area contributed by atoms with Gasteiger partial charge in [-0.25, -0.2) is 13.6 Å². The molecular formula is C7H9NO2S. The molecule has 0 radical (unpaired) electrons. The SMILES string of the molecule is Cc1ccc(S([15NH2])(=O)=O)cc1. The van der Waals surface area contributed by atoms with Gasteiger partial charge in [-0.1, -0.05) is 17.7 Å². The van der Waals surface area contributed by atoms with E-state index in [1.54, 1.807) is 12.1 Å². The molecule has 0 atom stereocenters. The van der Waals surface area contributed by atoms with Crippen LogP contribution in [0.15, 0.2) is 29.2 Å². The van der Waals surface area contributed by atoms with Gasteiger partial charge in [0.05, 0.1) is 4.90 Å².